The van der Waals surface area contributed by atoms with E-state index in [0.29, 0.717) is 33.8 Å². The number of hydrogen-bond donors (Lipinski definition) is 1. The number of thiophene rings is 1. The Morgan fingerprint density at radius 3 is 2.51 bits per heavy atom. The van der Waals surface area contributed by atoms with E-state index in [4.69, 9.17) is 16.3 Å². The number of carbonyl (C=O) groups is 1. The van der Waals surface area contributed by atoms with Crippen molar-refractivity contribution in [1.29, 1.82) is 0 Å². The van der Waals surface area contributed by atoms with Crippen LogP contribution in [0.15, 0.2) is 76.3 Å². The number of hydrogen-bond acceptors (Lipinski definition) is 7. The Morgan fingerprint density at radius 1 is 1.06 bits per heavy atom. The molecular weight excluding hydrogens is 526 g/mol. The van der Waals surface area contributed by atoms with Crippen molar-refractivity contribution in [3.05, 3.63) is 76.4 Å². The summed E-state index contributed by atoms with van der Waals surface area (Å²) in [5.74, 6) is 1.07. The summed E-state index contributed by atoms with van der Waals surface area (Å²) in [6.07, 6.45) is 1.06. The van der Waals surface area contributed by atoms with Gasteiger partial charge < -0.3 is 10.1 Å². The number of thiazole rings is 1. The van der Waals surface area contributed by atoms with Crippen molar-refractivity contribution in [2.45, 2.75) is 23.1 Å². The first kappa shape index (κ1) is 24.0. The highest BCUT2D eigenvalue weighted by molar-refractivity contribution is 7.91. The zero-order chi connectivity index (χ0) is 24.4. The van der Waals surface area contributed by atoms with Gasteiger partial charge in [0.15, 0.2) is 5.13 Å². The highest BCUT2D eigenvalue weighted by Gasteiger charge is 2.40. The van der Waals surface area contributed by atoms with Gasteiger partial charge in [-0.05, 0) is 61.4 Å². The van der Waals surface area contributed by atoms with Gasteiger partial charge in [0.2, 0.25) is 5.91 Å². The molecule has 0 radical (unpaired) electrons. The summed E-state index contributed by atoms with van der Waals surface area (Å²) in [5.41, 5.74) is 1.59. The zero-order valence-corrected chi connectivity index (χ0v) is 21.5. The van der Waals surface area contributed by atoms with Crippen molar-refractivity contribution in [3.63, 3.8) is 0 Å². The molecule has 1 atom stereocenters. The predicted molar refractivity (Wildman–Crippen MR) is 139 cm³/mol. The molecule has 1 unspecified atom stereocenters. The molecule has 2 aromatic heterocycles. The average Bonchev–Trinajstić information content (AvgIpc) is 3.61. The van der Waals surface area contributed by atoms with Crippen LogP contribution in [0.2, 0.25) is 4.34 Å². The summed E-state index contributed by atoms with van der Waals surface area (Å²) in [4.78, 5) is 17.5. The maximum atomic E-state index is 13.0. The third kappa shape index (κ3) is 5.26. The highest BCUT2D eigenvalue weighted by atomic mass is 35.5. The SMILES string of the molecule is O=C(Nc1nc(-c2ccc(Oc3ccccc3)cc2)cs1)C1CCCN1S(=O)(=O)c1ccc(Cl)s1. The quantitative estimate of drug-likeness (QED) is 0.303. The first-order chi connectivity index (χ1) is 16.9. The van der Waals surface area contributed by atoms with Crippen LogP contribution < -0.4 is 10.1 Å². The molecule has 1 aliphatic heterocycles. The first-order valence-corrected chi connectivity index (χ1v) is 14.3. The number of anilines is 1. The zero-order valence-electron chi connectivity index (χ0n) is 18.3. The Hall–Kier alpha value is -2.76. The lowest BCUT2D eigenvalue weighted by atomic mass is 10.2. The van der Waals surface area contributed by atoms with E-state index < -0.39 is 16.1 Å². The molecule has 11 heteroatoms. The van der Waals surface area contributed by atoms with Crippen molar-refractivity contribution in [1.82, 2.24) is 9.29 Å². The van der Waals surface area contributed by atoms with Crippen LogP contribution in [0.5, 0.6) is 11.5 Å². The monoisotopic (exact) mass is 545 g/mol. The van der Waals surface area contributed by atoms with E-state index >= 15 is 0 Å². The van der Waals surface area contributed by atoms with Crippen LogP contribution in [0.4, 0.5) is 5.13 Å². The standard InChI is InChI=1S/C24H20ClN3O4S3/c25-21-12-13-22(34-21)35(30,31)28-14-4-7-20(28)23(29)27-24-26-19(15-33-24)16-8-10-18(11-9-16)32-17-5-2-1-3-6-17/h1-3,5-6,8-13,15,20H,4,7,14H2,(H,26,27,29). The Morgan fingerprint density at radius 2 is 1.80 bits per heavy atom. The van der Waals surface area contributed by atoms with Gasteiger partial charge in [-0.15, -0.1) is 22.7 Å². The molecule has 2 aromatic carbocycles. The number of para-hydroxylation sites is 1. The van der Waals surface area contributed by atoms with E-state index in [9.17, 15) is 13.2 Å². The van der Waals surface area contributed by atoms with Crippen LogP contribution in [0.3, 0.4) is 0 Å². The molecule has 0 bridgehead atoms. The van der Waals surface area contributed by atoms with Crippen LogP contribution in [0.25, 0.3) is 11.3 Å². The molecule has 1 N–H and O–H groups in total. The third-order valence-electron chi connectivity index (χ3n) is 5.48. The molecule has 7 nitrogen and oxygen atoms in total. The van der Waals surface area contributed by atoms with Crippen molar-refractivity contribution in [2.24, 2.45) is 0 Å². The van der Waals surface area contributed by atoms with Crippen LogP contribution in [0, 0.1) is 0 Å². The van der Waals surface area contributed by atoms with E-state index in [2.05, 4.69) is 10.3 Å². The molecule has 0 aliphatic carbocycles. The molecule has 0 spiro atoms. The van der Waals surface area contributed by atoms with Crippen molar-refractivity contribution < 1.29 is 17.9 Å². The third-order valence-corrected chi connectivity index (χ3v) is 9.85. The van der Waals surface area contributed by atoms with Crippen LogP contribution in [-0.4, -0.2) is 36.2 Å². The molecule has 0 saturated carbocycles. The molecule has 180 valence electrons. The summed E-state index contributed by atoms with van der Waals surface area (Å²) < 4.78 is 33.6. The second-order valence-electron chi connectivity index (χ2n) is 7.80. The predicted octanol–water partition coefficient (Wildman–Crippen LogP) is 6.11. The Bertz CT molecular complexity index is 1440. The first-order valence-electron chi connectivity index (χ1n) is 10.8. The van der Waals surface area contributed by atoms with Crippen molar-refractivity contribution >= 4 is 55.3 Å². The number of aromatic nitrogens is 1. The highest BCUT2D eigenvalue weighted by Crippen LogP contribution is 2.33. The van der Waals surface area contributed by atoms with Gasteiger partial charge in [0.25, 0.3) is 10.0 Å². The van der Waals surface area contributed by atoms with Gasteiger partial charge >= 0.3 is 0 Å². The van der Waals surface area contributed by atoms with E-state index in [1.54, 1.807) is 6.07 Å². The van der Waals surface area contributed by atoms with Gasteiger partial charge in [-0.1, -0.05) is 29.8 Å². The lowest BCUT2D eigenvalue weighted by Crippen LogP contribution is -2.42. The van der Waals surface area contributed by atoms with E-state index in [-0.39, 0.29) is 16.7 Å². The second kappa shape index (κ2) is 10.1. The summed E-state index contributed by atoms with van der Waals surface area (Å²) in [6.45, 7) is 0.288. The molecular formula is C24H20ClN3O4S3. The van der Waals surface area contributed by atoms with Crippen LogP contribution in [0.1, 0.15) is 12.8 Å². The molecule has 1 saturated heterocycles. The number of nitrogens with one attached hydrogen (secondary N) is 1. The summed E-state index contributed by atoms with van der Waals surface area (Å²) >= 11 is 8.20. The maximum absolute atomic E-state index is 13.0. The van der Waals surface area contributed by atoms with Crippen LogP contribution in [-0.2, 0) is 14.8 Å². The summed E-state index contributed by atoms with van der Waals surface area (Å²) in [6, 6.07) is 19.3. The number of amides is 1. The number of sulfonamides is 1. The number of benzene rings is 2. The van der Waals surface area contributed by atoms with Gasteiger partial charge in [-0.3, -0.25) is 4.79 Å². The van der Waals surface area contributed by atoms with E-state index in [1.807, 2.05) is 60.0 Å². The molecule has 1 aliphatic rings. The number of halogens is 1. The number of rotatable bonds is 7. The van der Waals surface area contributed by atoms with Gasteiger partial charge in [0.05, 0.1) is 10.0 Å². The van der Waals surface area contributed by atoms with Crippen molar-refractivity contribution in [2.75, 3.05) is 11.9 Å². The molecule has 5 rings (SSSR count). The largest absolute Gasteiger partial charge is 0.457 e. The number of ether oxygens (including phenoxy) is 1. The van der Waals surface area contributed by atoms with Gasteiger partial charge in [-0.25, -0.2) is 13.4 Å². The number of nitrogens with zero attached hydrogens (tertiary/aromatic N) is 2. The Balaban J connectivity index is 1.26. The van der Waals surface area contributed by atoms with Gasteiger partial charge in [0.1, 0.15) is 21.8 Å². The fourth-order valence-electron chi connectivity index (χ4n) is 3.81. The Labute approximate surface area is 216 Å². The second-order valence-corrected chi connectivity index (χ2v) is 12.5. The molecule has 1 amide bonds. The lowest BCUT2D eigenvalue weighted by Gasteiger charge is -2.22. The van der Waals surface area contributed by atoms with E-state index in [0.717, 1.165) is 22.6 Å². The summed E-state index contributed by atoms with van der Waals surface area (Å²) in [5, 5.41) is 5.05. The molecule has 35 heavy (non-hydrogen) atoms. The average molecular weight is 546 g/mol. The minimum atomic E-state index is -3.79. The molecule has 1 fully saturated rings. The fraction of sp³-hybridized carbons (Fsp3) is 0.167. The van der Waals surface area contributed by atoms with Gasteiger partial charge in [-0.2, -0.15) is 4.31 Å². The maximum Gasteiger partial charge on any atom is 0.253 e. The van der Waals surface area contributed by atoms with Crippen LogP contribution >= 0.6 is 34.3 Å². The molecule has 3 heterocycles. The summed E-state index contributed by atoms with van der Waals surface area (Å²) in [7, 11) is -3.79. The lowest BCUT2D eigenvalue weighted by molar-refractivity contribution is -0.119. The topological polar surface area (TPSA) is 88.6 Å². The fourth-order valence-corrected chi connectivity index (χ4v) is 7.80. The normalized spacial score (nSPS) is 16.3. The number of carbonyl (C=O) groups excluding carboxylic acids is 1. The van der Waals surface area contributed by atoms with E-state index in [1.165, 1.54) is 21.7 Å². The smallest absolute Gasteiger partial charge is 0.253 e. The molecule has 4 aromatic rings. The Kier molecular flexibility index (Phi) is 6.90. The van der Waals surface area contributed by atoms with Crippen molar-refractivity contribution in [3.8, 4) is 22.8 Å². The minimum Gasteiger partial charge on any atom is -0.457 e. The van der Waals surface area contributed by atoms with Gasteiger partial charge in [0, 0.05) is 17.5 Å². The minimum absolute atomic E-state index is 0.137.